The number of carbonyl (C=O) groups excluding carboxylic acids is 1. The summed E-state index contributed by atoms with van der Waals surface area (Å²) in [6.45, 7) is 13.3. The van der Waals surface area contributed by atoms with Crippen LogP contribution in [0, 0.1) is 11.8 Å². The predicted molar refractivity (Wildman–Crippen MR) is 157 cm³/mol. The number of carbonyl (C=O) groups is 1. The van der Waals surface area contributed by atoms with Crippen LogP contribution < -0.4 is 10.2 Å². The van der Waals surface area contributed by atoms with Gasteiger partial charge in [0.05, 0.1) is 0 Å². The van der Waals surface area contributed by atoms with Crippen LogP contribution in [0.2, 0.25) is 0 Å². The number of nitrogens with zero attached hydrogens (tertiary/aromatic N) is 3. The highest BCUT2D eigenvalue weighted by atomic mass is 32.2. The molecule has 0 radical (unpaired) electrons. The molecule has 1 amide bonds. The molecule has 0 aliphatic carbocycles. The van der Waals surface area contributed by atoms with E-state index in [0.29, 0.717) is 31.3 Å². The van der Waals surface area contributed by atoms with Gasteiger partial charge >= 0.3 is 5.51 Å². The summed E-state index contributed by atoms with van der Waals surface area (Å²) in [5, 5.41) is 3.41. The van der Waals surface area contributed by atoms with Crippen molar-refractivity contribution in [2.45, 2.75) is 61.9 Å². The Morgan fingerprint density at radius 1 is 0.900 bits per heavy atom. The summed E-state index contributed by atoms with van der Waals surface area (Å²) in [4.78, 5) is 20.1. The number of hydrogen-bond acceptors (Lipinski definition) is 5. The molecule has 9 heteroatoms. The van der Waals surface area contributed by atoms with E-state index in [1.165, 1.54) is 23.4 Å². The number of amides is 1. The first-order valence-electron chi connectivity index (χ1n) is 14.4. The molecule has 2 aromatic carbocycles. The molecule has 2 atom stereocenters. The Bertz CT molecular complexity index is 1130. The van der Waals surface area contributed by atoms with Gasteiger partial charge in [-0.3, -0.25) is 4.79 Å². The van der Waals surface area contributed by atoms with Crippen molar-refractivity contribution in [3.8, 4) is 0 Å². The minimum absolute atomic E-state index is 0.100. The van der Waals surface area contributed by atoms with Gasteiger partial charge in [0.2, 0.25) is 5.91 Å². The summed E-state index contributed by atoms with van der Waals surface area (Å²) in [5.74, 6) is 1.56. The van der Waals surface area contributed by atoms with Gasteiger partial charge < -0.3 is 20.0 Å². The number of benzene rings is 2. The van der Waals surface area contributed by atoms with E-state index in [9.17, 15) is 18.0 Å². The number of hydrogen-bond donors (Lipinski definition) is 1. The number of thioether (sulfide) groups is 1. The van der Waals surface area contributed by atoms with Gasteiger partial charge in [-0.2, -0.15) is 13.2 Å². The van der Waals surface area contributed by atoms with E-state index in [1.54, 1.807) is 12.1 Å². The standard InChI is InChI=1S/C31H41F3N4OS/c1-30(2,3)24-4-8-27(9-5-24)38-20-22-18-36(19-23(22)21-38)15-14-29(39)37-16-12-26(13-17-37)35-25-6-10-28(11-7-25)40-31(32,33)34/h4-11,22-23,26,35H,12-21H2,1-3H3. The summed E-state index contributed by atoms with van der Waals surface area (Å²) in [6, 6.07) is 15.7. The average molecular weight is 575 g/mol. The second-order valence-electron chi connectivity index (χ2n) is 12.6. The largest absolute Gasteiger partial charge is 0.446 e. The molecular weight excluding hydrogens is 533 g/mol. The molecule has 3 aliphatic rings. The van der Waals surface area contributed by atoms with Gasteiger partial charge in [0.25, 0.3) is 0 Å². The SMILES string of the molecule is CC(C)(C)c1ccc(N2CC3CN(CCC(=O)N4CCC(Nc5ccc(SC(F)(F)F)cc5)CC4)CC3C2)cc1. The first-order chi connectivity index (χ1) is 18.9. The normalized spacial score (nSPS) is 22.6. The van der Waals surface area contributed by atoms with Crippen LogP contribution in [0.1, 0.15) is 45.6 Å². The fourth-order valence-corrected chi connectivity index (χ4v) is 6.87. The van der Waals surface area contributed by atoms with Gasteiger partial charge in [0.15, 0.2) is 0 Å². The van der Waals surface area contributed by atoms with Gasteiger partial charge in [-0.05, 0) is 83.8 Å². The van der Waals surface area contributed by atoms with Gasteiger partial charge in [-0.15, -0.1) is 0 Å². The van der Waals surface area contributed by atoms with Crippen LogP contribution in [0.25, 0.3) is 0 Å². The van der Waals surface area contributed by atoms with Crippen LogP contribution in [0.4, 0.5) is 24.5 Å². The molecule has 2 aromatic rings. The van der Waals surface area contributed by atoms with Crippen LogP contribution in [0.15, 0.2) is 53.4 Å². The van der Waals surface area contributed by atoms with Crippen molar-refractivity contribution >= 4 is 29.0 Å². The van der Waals surface area contributed by atoms with E-state index in [2.05, 4.69) is 60.2 Å². The van der Waals surface area contributed by atoms with E-state index >= 15 is 0 Å². The topological polar surface area (TPSA) is 38.8 Å². The summed E-state index contributed by atoms with van der Waals surface area (Å²) in [5.41, 5.74) is -0.607. The molecule has 0 saturated carbocycles. The van der Waals surface area contributed by atoms with E-state index in [4.69, 9.17) is 0 Å². The maximum atomic E-state index is 12.9. The molecule has 5 nitrogen and oxygen atoms in total. The van der Waals surface area contributed by atoms with Gasteiger partial charge in [-0.25, -0.2) is 0 Å². The fourth-order valence-electron chi connectivity index (χ4n) is 6.33. The quantitative estimate of drug-likeness (QED) is 0.385. The van der Waals surface area contributed by atoms with E-state index in [1.807, 2.05) is 4.90 Å². The van der Waals surface area contributed by atoms with E-state index in [0.717, 1.165) is 51.3 Å². The zero-order valence-corrected chi connectivity index (χ0v) is 24.5. The number of rotatable bonds is 7. The fraction of sp³-hybridized carbons (Fsp3) is 0.581. The summed E-state index contributed by atoms with van der Waals surface area (Å²) in [6.07, 6.45) is 2.24. The molecule has 3 aliphatic heterocycles. The molecule has 3 heterocycles. The first kappa shape index (κ1) is 29.1. The lowest BCUT2D eigenvalue weighted by Gasteiger charge is -2.33. The smallest absolute Gasteiger partial charge is 0.382 e. The second-order valence-corrected chi connectivity index (χ2v) is 13.7. The highest BCUT2D eigenvalue weighted by Crippen LogP contribution is 2.37. The average Bonchev–Trinajstić information content (AvgIpc) is 3.47. The zero-order chi connectivity index (χ0) is 28.5. The molecule has 5 rings (SSSR count). The summed E-state index contributed by atoms with van der Waals surface area (Å²) >= 11 is -0.100. The highest BCUT2D eigenvalue weighted by Gasteiger charge is 2.40. The number of halogens is 3. The Kier molecular flexibility index (Phi) is 8.62. The number of anilines is 2. The van der Waals surface area contributed by atoms with Crippen LogP contribution >= 0.6 is 11.8 Å². The van der Waals surface area contributed by atoms with E-state index < -0.39 is 5.51 Å². The van der Waals surface area contributed by atoms with E-state index in [-0.39, 0.29) is 34.0 Å². The Balaban J connectivity index is 1.00. The monoisotopic (exact) mass is 574 g/mol. The van der Waals surface area contributed by atoms with Crippen molar-refractivity contribution in [1.82, 2.24) is 9.80 Å². The molecule has 0 bridgehead atoms. The third-order valence-corrected chi connectivity index (χ3v) is 9.35. The van der Waals surface area contributed by atoms with Crippen molar-refractivity contribution in [2.75, 3.05) is 56.0 Å². The van der Waals surface area contributed by atoms with Gasteiger partial charge in [-0.1, -0.05) is 32.9 Å². The lowest BCUT2D eigenvalue weighted by atomic mass is 9.87. The summed E-state index contributed by atoms with van der Waals surface area (Å²) in [7, 11) is 0. The number of alkyl halides is 3. The lowest BCUT2D eigenvalue weighted by molar-refractivity contribution is -0.132. The number of piperidine rings is 1. The number of nitrogens with one attached hydrogen (secondary N) is 1. The van der Waals surface area contributed by atoms with Crippen LogP contribution in [-0.2, 0) is 10.2 Å². The lowest BCUT2D eigenvalue weighted by Crippen LogP contribution is -2.43. The molecule has 3 saturated heterocycles. The minimum Gasteiger partial charge on any atom is -0.382 e. The Morgan fingerprint density at radius 3 is 2.05 bits per heavy atom. The van der Waals surface area contributed by atoms with Crippen LogP contribution in [-0.4, -0.2) is 73.1 Å². The molecule has 0 spiro atoms. The molecule has 3 fully saturated rings. The summed E-state index contributed by atoms with van der Waals surface area (Å²) < 4.78 is 37.6. The molecule has 40 heavy (non-hydrogen) atoms. The van der Waals surface area contributed by atoms with Gasteiger partial charge in [0, 0.05) is 74.5 Å². The molecule has 0 aromatic heterocycles. The Morgan fingerprint density at radius 2 is 1.50 bits per heavy atom. The Hall–Kier alpha value is -2.39. The highest BCUT2D eigenvalue weighted by molar-refractivity contribution is 8.00. The zero-order valence-electron chi connectivity index (χ0n) is 23.7. The maximum Gasteiger partial charge on any atom is 0.446 e. The molecule has 2 unspecified atom stereocenters. The third kappa shape index (κ3) is 7.46. The van der Waals surface area contributed by atoms with Crippen molar-refractivity contribution in [2.24, 2.45) is 11.8 Å². The number of fused-ring (bicyclic) bond motifs is 1. The van der Waals surface area contributed by atoms with Crippen molar-refractivity contribution < 1.29 is 18.0 Å². The predicted octanol–water partition coefficient (Wildman–Crippen LogP) is 6.46. The van der Waals surface area contributed by atoms with Crippen LogP contribution in [0.3, 0.4) is 0 Å². The van der Waals surface area contributed by atoms with Gasteiger partial charge in [0.1, 0.15) is 0 Å². The number of likely N-dealkylation sites (tertiary alicyclic amines) is 2. The maximum absolute atomic E-state index is 12.9. The van der Waals surface area contributed by atoms with Crippen LogP contribution in [0.5, 0.6) is 0 Å². The van der Waals surface area contributed by atoms with Crippen molar-refractivity contribution in [3.63, 3.8) is 0 Å². The molecule has 218 valence electrons. The van der Waals surface area contributed by atoms with Crippen molar-refractivity contribution in [3.05, 3.63) is 54.1 Å². The van der Waals surface area contributed by atoms with Crippen molar-refractivity contribution in [1.29, 1.82) is 0 Å². The molecule has 1 N–H and O–H groups in total. The second kappa shape index (κ2) is 11.8. The minimum atomic E-state index is -4.28. The first-order valence-corrected chi connectivity index (χ1v) is 15.2. The Labute approximate surface area is 240 Å². The third-order valence-electron chi connectivity index (χ3n) is 8.61. The molecular formula is C31H41F3N4OS.